The molecule has 0 unspecified atom stereocenters. The molecule has 0 bridgehead atoms. The van der Waals surface area contributed by atoms with Crippen LogP contribution in [0.3, 0.4) is 0 Å². The van der Waals surface area contributed by atoms with Crippen molar-refractivity contribution in [1.82, 2.24) is 0 Å². The average molecular weight is 373 g/mol. The number of esters is 1. The zero-order chi connectivity index (χ0) is 14.1. The molecule has 0 aromatic heterocycles. The van der Waals surface area contributed by atoms with Gasteiger partial charge in [-0.25, -0.2) is 0 Å². The Morgan fingerprint density at radius 3 is 2.53 bits per heavy atom. The number of carbonyl (C=O) groups is 1. The van der Waals surface area contributed by atoms with E-state index in [1.165, 1.54) is 7.11 Å². The Hall–Kier alpha value is -0.490. The average Bonchev–Trinajstić information content (AvgIpc) is 2.31. The van der Waals surface area contributed by atoms with Crippen LogP contribution < -0.4 is 5.73 Å². The minimum Gasteiger partial charge on any atom is -0.506 e. The Morgan fingerprint density at radius 1 is 1.53 bits per heavy atom. The number of hydrogen-bond donors (Lipinski definition) is 2. The molecule has 19 heavy (non-hydrogen) atoms. The molecule has 0 saturated heterocycles. The van der Waals surface area contributed by atoms with Crippen molar-refractivity contribution in [3.63, 3.8) is 0 Å². The van der Waals surface area contributed by atoms with Crippen LogP contribution in [0.2, 0.25) is 5.02 Å². The third-order valence-corrected chi connectivity index (χ3v) is 3.63. The van der Waals surface area contributed by atoms with E-state index in [1.807, 2.05) is 0 Å². The number of methoxy groups -OCH3 is 1. The summed E-state index contributed by atoms with van der Waals surface area (Å²) < 4.78 is 5.39. The minimum absolute atomic E-state index is 0. The quantitative estimate of drug-likeness (QED) is 0.797. The number of halogens is 3. The maximum Gasteiger partial charge on any atom is 0.313 e. The smallest absolute Gasteiger partial charge is 0.313 e. The fourth-order valence-electron chi connectivity index (χ4n) is 1.60. The van der Waals surface area contributed by atoms with E-state index in [0.717, 1.165) is 0 Å². The van der Waals surface area contributed by atoms with Crippen molar-refractivity contribution in [2.24, 2.45) is 11.1 Å². The van der Waals surface area contributed by atoms with E-state index in [0.29, 0.717) is 10.0 Å². The highest BCUT2D eigenvalue weighted by molar-refractivity contribution is 9.10. The summed E-state index contributed by atoms with van der Waals surface area (Å²) in [6.07, 6.45) is 0. The Morgan fingerprint density at radius 2 is 2.05 bits per heavy atom. The first kappa shape index (κ1) is 18.5. The number of aromatic hydroxyl groups is 1. The molecule has 7 heteroatoms. The van der Waals surface area contributed by atoms with Gasteiger partial charge < -0.3 is 15.6 Å². The van der Waals surface area contributed by atoms with Gasteiger partial charge >= 0.3 is 5.97 Å². The van der Waals surface area contributed by atoms with Crippen molar-refractivity contribution in [1.29, 1.82) is 0 Å². The van der Waals surface area contributed by atoms with Crippen LogP contribution in [0.1, 0.15) is 25.5 Å². The maximum atomic E-state index is 11.7. The summed E-state index contributed by atoms with van der Waals surface area (Å²) in [6.45, 7) is 3.30. The molecule has 0 amide bonds. The molecule has 0 saturated carbocycles. The topological polar surface area (TPSA) is 72.5 Å². The predicted molar refractivity (Wildman–Crippen MR) is 80.8 cm³/mol. The summed E-state index contributed by atoms with van der Waals surface area (Å²) in [4.78, 5) is 11.7. The highest BCUT2D eigenvalue weighted by atomic mass is 79.9. The number of hydrogen-bond acceptors (Lipinski definition) is 4. The van der Waals surface area contributed by atoms with Gasteiger partial charge in [-0.3, -0.25) is 4.79 Å². The van der Waals surface area contributed by atoms with Crippen LogP contribution in [0.5, 0.6) is 5.75 Å². The monoisotopic (exact) mass is 371 g/mol. The first-order chi connectivity index (χ1) is 8.21. The molecule has 0 spiro atoms. The molecule has 3 N–H and O–H groups in total. The molecule has 108 valence electrons. The van der Waals surface area contributed by atoms with Crippen LogP contribution >= 0.6 is 39.9 Å². The van der Waals surface area contributed by atoms with Crippen molar-refractivity contribution in [2.75, 3.05) is 7.11 Å². The Bertz CT molecular complexity index is 480. The van der Waals surface area contributed by atoms with Gasteiger partial charge in [-0.15, -0.1) is 12.4 Å². The highest BCUT2D eigenvalue weighted by Gasteiger charge is 2.38. The van der Waals surface area contributed by atoms with Crippen LogP contribution in [-0.2, 0) is 9.53 Å². The van der Waals surface area contributed by atoms with E-state index >= 15 is 0 Å². The van der Waals surface area contributed by atoms with Crippen molar-refractivity contribution in [3.05, 3.63) is 27.2 Å². The number of ether oxygens (including phenoxy) is 1. The van der Waals surface area contributed by atoms with E-state index in [1.54, 1.807) is 26.0 Å². The molecule has 1 atom stereocenters. The highest BCUT2D eigenvalue weighted by Crippen LogP contribution is 2.41. The number of phenolic OH excluding ortho intramolecular Hbond substituents is 1. The lowest BCUT2D eigenvalue weighted by Crippen LogP contribution is -2.37. The Balaban J connectivity index is 0.00000324. The zero-order valence-corrected chi connectivity index (χ0v) is 13.9. The van der Waals surface area contributed by atoms with Gasteiger partial charge in [0.05, 0.1) is 17.5 Å². The Labute approximate surface area is 131 Å². The number of benzene rings is 1. The lowest BCUT2D eigenvalue weighted by Gasteiger charge is -2.29. The second kappa shape index (κ2) is 6.79. The van der Waals surface area contributed by atoms with Gasteiger partial charge in [0, 0.05) is 16.1 Å². The van der Waals surface area contributed by atoms with Gasteiger partial charge in [0.1, 0.15) is 5.75 Å². The predicted octanol–water partition coefficient (Wildman–Crippen LogP) is 3.43. The van der Waals surface area contributed by atoms with E-state index in [-0.39, 0.29) is 23.2 Å². The SMILES string of the molecule is COC(=O)C(C)(C)[C@@H](N)c1cc(Br)cc(Cl)c1O.Cl. The van der Waals surface area contributed by atoms with Crippen LogP contribution in [0.25, 0.3) is 0 Å². The van der Waals surface area contributed by atoms with Gasteiger partial charge in [-0.1, -0.05) is 27.5 Å². The van der Waals surface area contributed by atoms with Crippen LogP contribution in [0, 0.1) is 5.41 Å². The standard InChI is InChI=1S/C12H15BrClNO3.ClH/c1-12(2,11(17)18-3)10(15)7-4-6(13)5-8(14)9(7)16;/h4-5,10,16H,15H2,1-3H3;1H/t10-;/m0./s1. The van der Waals surface area contributed by atoms with Gasteiger partial charge in [-0.2, -0.15) is 0 Å². The molecule has 0 aliphatic carbocycles. The molecule has 0 aliphatic heterocycles. The normalized spacial score (nSPS) is 12.5. The van der Waals surface area contributed by atoms with Gasteiger partial charge in [0.2, 0.25) is 0 Å². The lowest BCUT2D eigenvalue weighted by atomic mass is 9.81. The van der Waals surface area contributed by atoms with E-state index in [2.05, 4.69) is 15.9 Å². The number of nitrogens with two attached hydrogens (primary N) is 1. The summed E-state index contributed by atoms with van der Waals surface area (Å²) in [5.74, 6) is -0.574. The third-order valence-electron chi connectivity index (χ3n) is 2.88. The molecule has 1 rings (SSSR count). The van der Waals surface area contributed by atoms with Crippen molar-refractivity contribution in [3.8, 4) is 5.75 Å². The fourth-order valence-corrected chi connectivity index (χ4v) is 2.44. The molecular formula is C12H16BrCl2NO3. The molecule has 0 fully saturated rings. The summed E-state index contributed by atoms with van der Waals surface area (Å²) in [5, 5.41) is 10.1. The van der Waals surface area contributed by atoms with Gasteiger partial charge in [0.15, 0.2) is 0 Å². The van der Waals surface area contributed by atoms with Crippen molar-refractivity contribution in [2.45, 2.75) is 19.9 Å². The first-order valence-electron chi connectivity index (χ1n) is 5.23. The second-order valence-electron chi connectivity index (χ2n) is 4.52. The molecular weight excluding hydrogens is 357 g/mol. The first-order valence-corrected chi connectivity index (χ1v) is 6.40. The fraction of sp³-hybridized carbons (Fsp3) is 0.417. The molecule has 0 aliphatic rings. The van der Waals surface area contributed by atoms with E-state index in [9.17, 15) is 9.90 Å². The number of carbonyl (C=O) groups excluding carboxylic acids is 1. The Kier molecular flexibility index (Phi) is 6.62. The molecule has 0 radical (unpaired) electrons. The largest absolute Gasteiger partial charge is 0.506 e. The molecule has 1 aromatic rings. The maximum absolute atomic E-state index is 11.7. The van der Waals surface area contributed by atoms with Crippen molar-refractivity contribution < 1.29 is 14.6 Å². The number of phenols is 1. The van der Waals surface area contributed by atoms with Gasteiger partial charge in [-0.05, 0) is 26.0 Å². The summed E-state index contributed by atoms with van der Waals surface area (Å²) in [5.41, 5.74) is 5.47. The van der Waals surface area contributed by atoms with E-state index in [4.69, 9.17) is 22.1 Å². The van der Waals surface area contributed by atoms with E-state index < -0.39 is 17.4 Å². The third kappa shape index (κ3) is 3.75. The summed E-state index contributed by atoms with van der Waals surface area (Å²) in [7, 11) is 1.30. The van der Waals surface area contributed by atoms with Gasteiger partial charge in [0.25, 0.3) is 0 Å². The zero-order valence-electron chi connectivity index (χ0n) is 10.7. The lowest BCUT2D eigenvalue weighted by molar-refractivity contribution is -0.152. The summed E-state index contributed by atoms with van der Waals surface area (Å²) in [6, 6.07) is 2.45. The van der Waals surface area contributed by atoms with Crippen LogP contribution in [-0.4, -0.2) is 18.2 Å². The second-order valence-corrected chi connectivity index (χ2v) is 5.84. The van der Waals surface area contributed by atoms with Crippen LogP contribution in [0.15, 0.2) is 16.6 Å². The van der Waals surface area contributed by atoms with Crippen LogP contribution in [0.4, 0.5) is 0 Å². The molecule has 0 heterocycles. The molecule has 1 aromatic carbocycles. The van der Waals surface area contributed by atoms with Crippen molar-refractivity contribution >= 4 is 45.9 Å². The molecule has 4 nitrogen and oxygen atoms in total. The summed E-state index contributed by atoms with van der Waals surface area (Å²) >= 11 is 9.14. The number of rotatable bonds is 3. The minimum atomic E-state index is -0.976.